The summed E-state index contributed by atoms with van der Waals surface area (Å²) in [5, 5.41) is 8.85. The number of carbonyl (C=O) groups is 1. The summed E-state index contributed by atoms with van der Waals surface area (Å²) in [7, 11) is -3.61. The Balaban J connectivity index is 2.10. The van der Waals surface area contributed by atoms with E-state index in [1.165, 1.54) is 11.8 Å². The zero-order valence-corrected chi connectivity index (χ0v) is 9.55. The second-order valence-corrected chi connectivity index (χ2v) is 6.29. The van der Waals surface area contributed by atoms with Crippen molar-refractivity contribution < 1.29 is 18.3 Å². The van der Waals surface area contributed by atoms with Crippen LogP contribution in [0.3, 0.4) is 0 Å². The molecule has 2 rings (SSSR count). The highest BCUT2D eigenvalue weighted by Crippen LogP contribution is 2.26. The van der Waals surface area contributed by atoms with Crippen molar-refractivity contribution >= 4 is 27.9 Å². The van der Waals surface area contributed by atoms with Gasteiger partial charge in [0.2, 0.25) is 0 Å². The molecule has 1 heterocycles. The molecule has 1 aliphatic carbocycles. The maximum atomic E-state index is 11.7. The topological polar surface area (TPSA) is 86.7 Å². The van der Waals surface area contributed by atoms with Crippen LogP contribution in [-0.2, 0) is 15.0 Å². The van der Waals surface area contributed by atoms with Gasteiger partial charge in [0.15, 0.2) is 0 Å². The number of nitrogens with one attached hydrogen (secondary N) is 1. The molecule has 1 atom stereocenters. The molecule has 86 valence electrons. The van der Waals surface area contributed by atoms with Crippen LogP contribution in [0.5, 0.6) is 0 Å². The van der Waals surface area contributed by atoms with Gasteiger partial charge in [-0.2, -0.15) is 17.4 Å². The fourth-order valence-corrected chi connectivity index (χ4v) is 4.51. The lowest BCUT2D eigenvalue weighted by Gasteiger charge is -2.20. The summed E-state index contributed by atoms with van der Waals surface area (Å²) >= 11 is 1.32. The molecule has 2 aliphatic rings. The van der Waals surface area contributed by atoms with Crippen molar-refractivity contribution in [3.8, 4) is 0 Å². The van der Waals surface area contributed by atoms with E-state index in [1.54, 1.807) is 0 Å². The van der Waals surface area contributed by atoms with Gasteiger partial charge >= 0.3 is 5.97 Å². The molecule has 8 heteroatoms. The maximum Gasteiger partial charge on any atom is 0.322 e. The van der Waals surface area contributed by atoms with Gasteiger partial charge in [0.05, 0.1) is 5.88 Å². The van der Waals surface area contributed by atoms with Crippen molar-refractivity contribution in [3.63, 3.8) is 0 Å². The van der Waals surface area contributed by atoms with Crippen LogP contribution in [0.25, 0.3) is 0 Å². The van der Waals surface area contributed by atoms with Crippen molar-refractivity contribution in [2.24, 2.45) is 0 Å². The molecule has 0 bridgehead atoms. The Morgan fingerprint density at radius 1 is 1.47 bits per heavy atom. The normalized spacial score (nSPS) is 28.1. The number of thioether (sulfide) groups is 1. The van der Waals surface area contributed by atoms with E-state index in [-0.39, 0.29) is 11.9 Å². The van der Waals surface area contributed by atoms with Gasteiger partial charge in [0.1, 0.15) is 6.04 Å². The molecular formula is C7H12N2O4S2. The Bertz CT molecular complexity index is 365. The summed E-state index contributed by atoms with van der Waals surface area (Å²) in [5.41, 5.74) is 0. The minimum absolute atomic E-state index is 0.00930. The van der Waals surface area contributed by atoms with Crippen molar-refractivity contribution in [1.82, 2.24) is 9.03 Å². The number of rotatable bonds is 4. The largest absolute Gasteiger partial charge is 0.480 e. The van der Waals surface area contributed by atoms with Crippen LogP contribution in [-0.4, -0.2) is 47.5 Å². The van der Waals surface area contributed by atoms with E-state index in [0.717, 1.165) is 17.1 Å². The van der Waals surface area contributed by atoms with Gasteiger partial charge in [-0.05, 0) is 12.8 Å². The van der Waals surface area contributed by atoms with Crippen molar-refractivity contribution in [3.05, 3.63) is 0 Å². The fourth-order valence-electron chi connectivity index (χ4n) is 1.34. The molecule has 0 radical (unpaired) electrons. The van der Waals surface area contributed by atoms with Crippen molar-refractivity contribution in [2.75, 3.05) is 11.6 Å². The number of aliphatic carboxylic acids is 1. The second kappa shape index (κ2) is 3.93. The van der Waals surface area contributed by atoms with Gasteiger partial charge in [-0.15, -0.1) is 11.8 Å². The van der Waals surface area contributed by atoms with E-state index >= 15 is 0 Å². The van der Waals surface area contributed by atoms with E-state index < -0.39 is 22.2 Å². The highest BCUT2D eigenvalue weighted by molar-refractivity contribution is 8.00. The van der Waals surface area contributed by atoms with Crippen LogP contribution in [0.1, 0.15) is 12.8 Å². The molecule has 0 unspecified atom stereocenters. The Hall–Kier alpha value is -0.310. The number of carboxylic acid groups (broad SMARTS) is 1. The summed E-state index contributed by atoms with van der Waals surface area (Å²) < 4.78 is 27.0. The van der Waals surface area contributed by atoms with E-state index in [4.69, 9.17) is 5.11 Å². The first-order valence-electron chi connectivity index (χ1n) is 4.60. The van der Waals surface area contributed by atoms with Gasteiger partial charge in [-0.25, -0.2) is 0 Å². The molecule has 0 spiro atoms. The second-order valence-electron chi connectivity index (χ2n) is 3.64. The molecule has 1 aliphatic heterocycles. The number of carboxylic acids is 1. The Morgan fingerprint density at radius 3 is 2.67 bits per heavy atom. The van der Waals surface area contributed by atoms with Crippen LogP contribution in [0, 0.1) is 0 Å². The van der Waals surface area contributed by atoms with Gasteiger partial charge < -0.3 is 5.11 Å². The molecule has 0 aromatic carbocycles. The zero-order valence-electron chi connectivity index (χ0n) is 7.92. The average molecular weight is 252 g/mol. The summed E-state index contributed by atoms with van der Waals surface area (Å²) in [6.07, 6.45) is 1.69. The fraction of sp³-hybridized carbons (Fsp3) is 0.857. The molecule has 1 saturated carbocycles. The molecule has 1 saturated heterocycles. The van der Waals surface area contributed by atoms with Crippen LogP contribution in [0.4, 0.5) is 0 Å². The molecule has 6 nitrogen and oxygen atoms in total. The first-order valence-corrected chi connectivity index (χ1v) is 7.20. The monoisotopic (exact) mass is 252 g/mol. The smallest absolute Gasteiger partial charge is 0.322 e. The summed E-state index contributed by atoms with van der Waals surface area (Å²) in [5.74, 6) is -0.541. The van der Waals surface area contributed by atoms with Gasteiger partial charge in [0, 0.05) is 11.8 Å². The third-order valence-corrected chi connectivity index (χ3v) is 5.14. The average Bonchev–Trinajstić information content (AvgIpc) is 2.80. The zero-order chi connectivity index (χ0) is 11.1. The Morgan fingerprint density at radius 2 is 2.13 bits per heavy atom. The molecule has 2 fully saturated rings. The highest BCUT2D eigenvalue weighted by atomic mass is 32.2. The first-order chi connectivity index (χ1) is 7.00. The number of nitrogens with zero attached hydrogens (tertiary/aromatic N) is 1. The molecule has 0 aromatic rings. The lowest BCUT2D eigenvalue weighted by Crippen LogP contribution is -2.47. The maximum absolute atomic E-state index is 11.7. The van der Waals surface area contributed by atoms with Gasteiger partial charge in [0.25, 0.3) is 10.2 Å². The standard InChI is InChI=1S/C7H12N2O4S2/c10-7(11)6-3-14-4-9(6)15(12,13)8-5-1-2-5/h5-6,8H,1-4H2,(H,10,11)/t6-/m0/s1. The molecule has 2 N–H and O–H groups in total. The van der Waals surface area contributed by atoms with Crippen LogP contribution in [0.2, 0.25) is 0 Å². The molecule has 0 amide bonds. The minimum atomic E-state index is -3.61. The Labute approximate surface area is 92.2 Å². The molecule has 15 heavy (non-hydrogen) atoms. The number of hydrogen-bond donors (Lipinski definition) is 2. The lowest BCUT2D eigenvalue weighted by atomic mass is 10.4. The minimum Gasteiger partial charge on any atom is -0.480 e. The summed E-state index contributed by atoms with van der Waals surface area (Å²) in [6, 6.07) is -0.915. The van der Waals surface area contributed by atoms with Gasteiger partial charge in [-0.3, -0.25) is 4.79 Å². The predicted octanol–water partition coefficient (Wildman–Crippen LogP) is -0.557. The lowest BCUT2D eigenvalue weighted by molar-refractivity contribution is -0.140. The third-order valence-electron chi connectivity index (χ3n) is 2.33. The van der Waals surface area contributed by atoms with E-state index in [9.17, 15) is 13.2 Å². The van der Waals surface area contributed by atoms with Crippen molar-refractivity contribution in [1.29, 1.82) is 0 Å². The molecular weight excluding hydrogens is 240 g/mol. The Kier molecular flexibility index (Phi) is 2.93. The van der Waals surface area contributed by atoms with Crippen LogP contribution >= 0.6 is 11.8 Å². The van der Waals surface area contributed by atoms with E-state index in [2.05, 4.69) is 4.72 Å². The van der Waals surface area contributed by atoms with Gasteiger partial charge in [-0.1, -0.05) is 0 Å². The third kappa shape index (κ3) is 2.44. The number of hydrogen-bond acceptors (Lipinski definition) is 4. The predicted molar refractivity (Wildman–Crippen MR) is 55.7 cm³/mol. The SMILES string of the molecule is O=C(O)[C@@H]1CSCN1S(=O)(=O)NC1CC1. The quantitative estimate of drug-likeness (QED) is 0.700. The van der Waals surface area contributed by atoms with Crippen LogP contribution < -0.4 is 4.72 Å². The van der Waals surface area contributed by atoms with Crippen molar-refractivity contribution in [2.45, 2.75) is 24.9 Å². The van der Waals surface area contributed by atoms with Crippen LogP contribution in [0.15, 0.2) is 0 Å². The summed E-state index contributed by atoms with van der Waals surface area (Å²) in [6.45, 7) is 0. The first kappa shape index (κ1) is 11.2. The summed E-state index contributed by atoms with van der Waals surface area (Å²) in [4.78, 5) is 10.8. The molecule has 0 aromatic heterocycles. The van der Waals surface area contributed by atoms with E-state index in [1.807, 2.05) is 0 Å². The highest BCUT2D eigenvalue weighted by Gasteiger charge is 2.41. The van der Waals surface area contributed by atoms with E-state index in [0.29, 0.717) is 5.75 Å².